The Morgan fingerprint density at radius 2 is 2.17 bits per heavy atom. The summed E-state index contributed by atoms with van der Waals surface area (Å²) in [6, 6.07) is 3.51. The lowest BCUT2D eigenvalue weighted by Gasteiger charge is -2.29. The lowest BCUT2D eigenvalue weighted by Crippen LogP contribution is -2.41. The monoisotopic (exact) mass is 269 g/mol. The van der Waals surface area contributed by atoms with E-state index in [1.165, 1.54) is 6.07 Å². The number of nitrogens with zero attached hydrogens (tertiary/aromatic N) is 1. The Morgan fingerprint density at radius 3 is 2.78 bits per heavy atom. The lowest BCUT2D eigenvalue weighted by atomic mass is 10.1. The van der Waals surface area contributed by atoms with Gasteiger partial charge in [0.15, 0.2) is 5.78 Å². The summed E-state index contributed by atoms with van der Waals surface area (Å²) in [5.74, 6) is -1.77. The molecule has 0 unspecified atom stereocenters. The van der Waals surface area contributed by atoms with Crippen molar-refractivity contribution in [2.24, 2.45) is 0 Å². The van der Waals surface area contributed by atoms with Gasteiger partial charge in [-0.3, -0.25) is 9.10 Å². The molecule has 4 nitrogen and oxygen atoms in total. The first-order valence-electron chi connectivity index (χ1n) is 5.29. The summed E-state index contributed by atoms with van der Waals surface area (Å²) in [6.07, 6.45) is 0. The summed E-state index contributed by atoms with van der Waals surface area (Å²) >= 11 is 0. The predicted molar refractivity (Wildman–Crippen MR) is 66.7 cm³/mol. The molecule has 0 saturated carbocycles. The third kappa shape index (κ3) is 2.15. The van der Waals surface area contributed by atoms with Crippen LogP contribution in [0.1, 0.15) is 17.3 Å². The molecule has 0 bridgehead atoms. The van der Waals surface area contributed by atoms with E-state index in [2.05, 4.69) is 6.58 Å². The van der Waals surface area contributed by atoms with Gasteiger partial charge in [0.1, 0.15) is 11.6 Å². The minimum absolute atomic E-state index is 0.0915. The fourth-order valence-electron chi connectivity index (χ4n) is 1.85. The van der Waals surface area contributed by atoms with Crippen LogP contribution in [0.3, 0.4) is 0 Å². The molecule has 1 aliphatic rings. The molecule has 0 fully saturated rings. The first-order valence-corrected chi connectivity index (χ1v) is 6.90. The molecule has 0 aromatic heterocycles. The van der Waals surface area contributed by atoms with Crippen molar-refractivity contribution in [3.63, 3.8) is 0 Å². The summed E-state index contributed by atoms with van der Waals surface area (Å²) in [5, 5.41) is 0. The molecule has 0 N–H and O–H groups in total. The molecule has 0 saturated heterocycles. The molecule has 0 amide bonds. The van der Waals surface area contributed by atoms with Gasteiger partial charge in [-0.15, -0.1) is 0 Å². The highest BCUT2D eigenvalue weighted by Gasteiger charge is 2.34. The van der Waals surface area contributed by atoms with Gasteiger partial charge >= 0.3 is 0 Å². The van der Waals surface area contributed by atoms with E-state index in [0.29, 0.717) is 5.57 Å². The highest BCUT2D eigenvalue weighted by Crippen LogP contribution is 2.30. The molecular weight excluding hydrogens is 257 g/mol. The van der Waals surface area contributed by atoms with Crippen LogP contribution in [0.15, 0.2) is 30.4 Å². The second-order valence-corrected chi connectivity index (χ2v) is 6.20. The van der Waals surface area contributed by atoms with Crippen molar-refractivity contribution in [2.75, 3.05) is 16.6 Å². The molecule has 1 heterocycles. The quantitative estimate of drug-likeness (QED) is 0.768. The Balaban J connectivity index is 2.62. The number of carbonyl (C=O) groups excluding carboxylic acids is 1. The number of sulfonamides is 1. The molecule has 6 heteroatoms. The number of hydrogen-bond donors (Lipinski definition) is 0. The van der Waals surface area contributed by atoms with Crippen molar-refractivity contribution < 1.29 is 17.6 Å². The highest BCUT2D eigenvalue weighted by atomic mass is 32.2. The Bertz CT molecular complexity index is 637. The molecule has 96 valence electrons. The number of carbonyl (C=O) groups is 1. The van der Waals surface area contributed by atoms with Crippen LogP contribution >= 0.6 is 0 Å². The highest BCUT2D eigenvalue weighted by molar-refractivity contribution is 7.93. The summed E-state index contributed by atoms with van der Waals surface area (Å²) in [4.78, 5) is 11.7. The van der Waals surface area contributed by atoms with E-state index < -0.39 is 27.4 Å². The first kappa shape index (κ1) is 12.8. The van der Waals surface area contributed by atoms with Crippen molar-refractivity contribution in [3.05, 3.63) is 41.7 Å². The standard InChI is InChI=1S/C12H12FNO3S/c1-8(2)6-14-11-4-3-9(13)5-10(11)12(15)7-18(14,16)17/h3-5H,1,6-7H2,2H3. The van der Waals surface area contributed by atoms with Crippen LogP contribution in [0.25, 0.3) is 0 Å². The molecule has 0 spiro atoms. The van der Waals surface area contributed by atoms with Crippen LogP contribution in [0, 0.1) is 5.82 Å². The number of ketones is 1. The van der Waals surface area contributed by atoms with Crippen LogP contribution in [0.4, 0.5) is 10.1 Å². The van der Waals surface area contributed by atoms with Crippen molar-refractivity contribution in [3.8, 4) is 0 Å². The average molecular weight is 269 g/mol. The van der Waals surface area contributed by atoms with Gasteiger partial charge in [0, 0.05) is 5.56 Å². The zero-order valence-corrected chi connectivity index (χ0v) is 10.6. The molecule has 1 aliphatic heterocycles. The van der Waals surface area contributed by atoms with E-state index in [4.69, 9.17) is 0 Å². The van der Waals surface area contributed by atoms with E-state index in [1.807, 2.05) is 0 Å². The molecule has 0 aliphatic carbocycles. The van der Waals surface area contributed by atoms with Crippen LogP contribution in [0.2, 0.25) is 0 Å². The minimum atomic E-state index is -3.69. The molecule has 2 rings (SSSR count). The Morgan fingerprint density at radius 1 is 1.50 bits per heavy atom. The zero-order chi connectivity index (χ0) is 13.5. The van der Waals surface area contributed by atoms with Crippen LogP contribution in [-0.4, -0.2) is 26.5 Å². The third-order valence-corrected chi connectivity index (χ3v) is 4.21. The van der Waals surface area contributed by atoms with Gasteiger partial charge in [0.25, 0.3) is 0 Å². The average Bonchev–Trinajstić information content (AvgIpc) is 2.23. The van der Waals surface area contributed by atoms with Gasteiger partial charge in [-0.2, -0.15) is 0 Å². The predicted octanol–water partition coefficient (Wildman–Crippen LogP) is 1.73. The van der Waals surface area contributed by atoms with E-state index in [0.717, 1.165) is 16.4 Å². The van der Waals surface area contributed by atoms with Crippen molar-refractivity contribution in [2.45, 2.75) is 6.92 Å². The molecule has 0 atom stereocenters. The number of fused-ring (bicyclic) bond motifs is 1. The number of anilines is 1. The summed E-state index contributed by atoms with van der Waals surface area (Å²) in [7, 11) is -3.69. The smallest absolute Gasteiger partial charge is 0.243 e. The normalized spacial score (nSPS) is 17.4. The van der Waals surface area contributed by atoms with Crippen LogP contribution < -0.4 is 4.31 Å². The van der Waals surface area contributed by atoms with Gasteiger partial charge in [-0.1, -0.05) is 12.2 Å². The van der Waals surface area contributed by atoms with E-state index in [9.17, 15) is 17.6 Å². The maximum atomic E-state index is 13.1. The van der Waals surface area contributed by atoms with Crippen LogP contribution in [-0.2, 0) is 10.0 Å². The van der Waals surface area contributed by atoms with Gasteiger partial charge < -0.3 is 0 Å². The number of benzene rings is 1. The van der Waals surface area contributed by atoms with Gasteiger partial charge in [0.2, 0.25) is 10.0 Å². The van der Waals surface area contributed by atoms with E-state index in [-0.39, 0.29) is 17.8 Å². The third-order valence-electron chi connectivity index (χ3n) is 2.59. The number of rotatable bonds is 2. The molecule has 1 aromatic carbocycles. The fourth-order valence-corrected chi connectivity index (χ4v) is 3.37. The van der Waals surface area contributed by atoms with Crippen LogP contribution in [0.5, 0.6) is 0 Å². The number of halogens is 1. The maximum absolute atomic E-state index is 13.1. The molecule has 0 radical (unpaired) electrons. The SMILES string of the molecule is C=C(C)CN1c2ccc(F)cc2C(=O)CS1(=O)=O. The van der Waals surface area contributed by atoms with E-state index in [1.54, 1.807) is 6.92 Å². The van der Waals surface area contributed by atoms with Gasteiger partial charge in [-0.05, 0) is 25.1 Å². The second-order valence-electron chi connectivity index (χ2n) is 4.30. The molecule has 18 heavy (non-hydrogen) atoms. The Hall–Kier alpha value is -1.69. The Labute approximate surface area is 105 Å². The second kappa shape index (κ2) is 4.20. The number of Topliss-reactive ketones (excluding diaryl/α,β-unsaturated/α-hetero) is 1. The molecule has 1 aromatic rings. The van der Waals surface area contributed by atoms with E-state index >= 15 is 0 Å². The Kier molecular flexibility index (Phi) is 2.98. The largest absolute Gasteiger partial charge is 0.293 e. The fraction of sp³-hybridized carbons (Fsp3) is 0.250. The topological polar surface area (TPSA) is 54.5 Å². The molecular formula is C12H12FNO3S. The lowest BCUT2D eigenvalue weighted by molar-refractivity contribution is 0.101. The van der Waals surface area contributed by atoms with Crippen molar-refractivity contribution in [1.82, 2.24) is 0 Å². The summed E-state index contributed by atoms with van der Waals surface area (Å²) in [5.41, 5.74) is 0.963. The maximum Gasteiger partial charge on any atom is 0.243 e. The summed E-state index contributed by atoms with van der Waals surface area (Å²) < 4.78 is 38.1. The van der Waals surface area contributed by atoms with Gasteiger partial charge in [0.05, 0.1) is 12.2 Å². The van der Waals surface area contributed by atoms with Gasteiger partial charge in [-0.25, -0.2) is 12.8 Å². The summed E-state index contributed by atoms with van der Waals surface area (Å²) in [6.45, 7) is 5.44. The minimum Gasteiger partial charge on any atom is -0.293 e. The van der Waals surface area contributed by atoms with Crippen molar-refractivity contribution >= 4 is 21.5 Å². The van der Waals surface area contributed by atoms with Crippen molar-refractivity contribution in [1.29, 1.82) is 0 Å². The number of hydrogen-bond acceptors (Lipinski definition) is 3. The first-order chi connectivity index (χ1) is 8.31. The zero-order valence-electron chi connectivity index (χ0n) is 9.81.